The van der Waals surface area contributed by atoms with Crippen molar-refractivity contribution in [2.75, 3.05) is 13.2 Å². The molecule has 1 N–H and O–H groups in total. The molecule has 2 aromatic heterocycles. The fourth-order valence-electron chi connectivity index (χ4n) is 4.69. The third-order valence-corrected chi connectivity index (χ3v) is 7.01. The van der Waals surface area contributed by atoms with Crippen LogP contribution in [0.3, 0.4) is 0 Å². The van der Waals surface area contributed by atoms with Crippen molar-refractivity contribution in [3.8, 4) is 23.0 Å². The Bertz CT molecular complexity index is 1300. The molecular formula is C27H28N4O3. The highest BCUT2D eigenvalue weighted by Crippen LogP contribution is 2.45. The first-order valence-electron chi connectivity index (χ1n) is 12.0. The Kier molecular flexibility index (Phi) is 5.31. The lowest BCUT2D eigenvalue weighted by atomic mass is 9.91. The van der Waals surface area contributed by atoms with E-state index >= 15 is 0 Å². The smallest absolute Gasteiger partial charge is 0.278 e. The number of hydrogen-bond donors (Lipinski definition) is 1. The van der Waals surface area contributed by atoms with Gasteiger partial charge in [0.1, 0.15) is 0 Å². The van der Waals surface area contributed by atoms with E-state index in [0.717, 1.165) is 61.3 Å². The summed E-state index contributed by atoms with van der Waals surface area (Å²) < 4.78 is 13.0. The molecular weight excluding hydrogens is 428 g/mol. The van der Waals surface area contributed by atoms with Crippen molar-refractivity contribution in [2.45, 2.75) is 50.7 Å². The Morgan fingerprint density at radius 1 is 1.06 bits per heavy atom. The number of aryl methyl sites for hydroxylation is 1. The summed E-state index contributed by atoms with van der Waals surface area (Å²) >= 11 is 0. The normalized spacial score (nSPS) is 17.7. The number of rotatable bonds is 6. The predicted molar refractivity (Wildman–Crippen MR) is 127 cm³/mol. The van der Waals surface area contributed by atoms with Gasteiger partial charge >= 0.3 is 0 Å². The van der Waals surface area contributed by atoms with Crippen LogP contribution in [0.15, 0.2) is 59.1 Å². The maximum absolute atomic E-state index is 10.4. The van der Waals surface area contributed by atoms with E-state index in [9.17, 15) is 5.11 Å². The first kappa shape index (κ1) is 21.3. The van der Waals surface area contributed by atoms with E-state index < -0.39 is 5.60 Å². The molecule has 34 heavy (non-hydrogen) atoms. The SMILES string of the molecule is Cc1cc(-c2nc(-c3ccc(C4CCOCC4)cc3)no2)nn1Cc1cccc(C2(O)CC2)c1. The molecule has 0 unspecified atom stereocenters. The lowest BCUT2D eigenvalue weighted by Gasteiger charge is -2.22. The van der Waals surface area contributed by atoms with Crippen LogP contribution in [0.4, 0.5) is 0 Å². The first-order chi connectivity index (χ1) is 16.6. The van der Waals surface area contributed by atoms with Gasteiger partial charge in [-0.1, -0.05) is 53.7 Å². The van der Waals surface area contributed by atoms with Gasteiger partial charge < -0.3 is 14.4 Å². The number of hydrogen-bond acceptors (Lipinski definition) is 6. The van der Waals surface area contributed by atoms with E-state index in [2.05, 4.69) is 46.5 Å². The Morgan fingerprint density at radius 3 is 2.62 bits per heavy atom. The van der Waals surface area contributed by atoms with E-state index in [1.165, 1.54) is 5.56 Å². The minimum absolute atomic E-state index is 0.409. The molecule has 0 bridgehead atoms. The quantitative estimate of drug-likeness (QED) is 0.447. The van der Waals surface area contributed by atoms with Crippen LogP contribution in [0.5, 0.6) is 0 Å². The summed E-state index contributed by atoms with van der Waals surface area (Å²) in [6.45, 7) is 4.30. The molecule has 0 radical (unpaired) electrons. The maximum atomic E-state index is 10.4. The highest BCUT2D eigenvalue weighted by atomic mass is 16.5. The molecule has 1 aliphatic carbocycles. The van der Waals surface area contributed by atoms with Gasteiger partial charge in [0.15, 0.2) is 5.69 Å². The van der Waals surface area contributed by atoms with Crippen molar-refractivity contribution in [1.82, 2.24) is 19.9 Å². The summed E-state index contributed by atoms with van der Waals surface area (Å²) in [4.78, 5) is 4.60. The lowest BCUT2D eigenvalue weighted by Crippen LogP contribution is -2.13. The summed E-state index contributed by atoms with van der Waals surface area (Å²) in [6.07, 6.45) is 3.80. The number of nitrogens with zero attached hydrogens (tertiary/aromatic N) is 4. The topological polar surface area (TPSA) is 86.2 Å². The van der Waals surface area contributed by atoms with Gasteiger partial charge in [0.25, 0.3) is 5.89 Å². The third kappa shape index (κ3) is 4.17. The van der Waals surface area contributed by atoms with Crippen molar-refractivity contribution in [1.29, 1.82) is 0 Å². The largest absolute Gasteiger partial charge is 0.385 e. The molecule has 0 spiro atoms. The van der Waals surface area contributed by atoms with Crippen molar-refractivity contribution in [2.24, 2.45) is 0 Å². The summed E-state index contributed by atoms with van der Waals surface area (Å²) in [5, 5.41) is 19.3. The molecule has 0 atom stereocenters. The number of benzene rings is 2. The zero-order valence-electron chi connectivity index (χ0n) is 19.3. The number of ether oxygens (including phenoxy) is 1. The average molecular weight is 457 g/mol. The third-order valence-electron chi connectivity index (χ3n) is 7.01. The van der Waals surface area contributed by atoms with Gasteiger partial charge in [-0.3, -0.25) is 4.68 Å². The first-order valence-corrected chi connectivity index (χ1v) is 12.0. The van der Waals surface area contributed by atoms with Crippen LogP contribution in [0.1, 0.15) is 54.0 Å². The zero-order valence-corrected chi connectivity index (χ0v) is 19.3. The average Bonchev–Trinajstić information content (AvgIpc) is 3.27. The standard InChI is InChI=1S/C27H28N4O3/c1-18-15-24(29-31(18)17-19-3-2-4-23(16-19)27(32)11-12-27)26-28-25(30-34-26)22-7-5-20(6-8-22)21-9-13-33-14-10-21/h2-8,15-16,21,32H,9-14,17H2,1H3. The second-order valence-corrected chi connectivity index (χ2v) is 9.49. The van der Waals surface area contributed by atoms with Crippen molar-refractivity contribution in [3.05, 3.63) is 77.0 Å². The summed E-state index contributed by atoms with van der Waals surface area (Å²) in [5.41, 5.74) is 5.38. The fraction of sp³-hybridized carbons (Fsp3) is 0.370. The van der Waals surface area contributed by atoms with Gasteiger partial charge in [0.2, 0.25) is 5.82 Å². The van der Waals surface area contributed by atoms with Gasteiger partial charge in [0.05, 0.1) is 12.1 Å². The highest BCUT2D eigenvalue weighted by molar-refractivity contribution is 5.58. The van der Waals surface area contributed by atoms with Gasteiger partial charge in [-0.2, -0.15) is 10.1 Å². The number of aliphatic hydroxyl groups is 1. The molecule has 1 saturated heterocycles. The molecule has 4 aromatic rings. The van der Waals surface area contributed by atoms with Gasteiger partial charge in [-0.15, -0.1) is 0 Å². The molecule has 1 saturated carbocycles. The highest BCUT2D eigenvalue weighted by Gasteiger charge is 2.42. The van der Waals surface area contributed by atoms with Crippen LogP contribution in [0.2, 0.25) is 0 Å². The minimum Gasteiger partial charge on any atom is -0.385 e. The van der Waals surface area contributed by atoms with E-state index in [1.54, 1.807) is 0 Å². The second kappa shape index (κ2) is 8.49. The fourth-order valence-corrected chi connectivity index (χ4v) is 4.69. The lowest BCUT2D eigenvalue weighted by molar-refractivity contribution is 0.0853. The Balaban J connectivity index is 1.19. The van der Waals surface area contributed by atoms with Crippen LogP contribution >= 0.6 is 0 Å². The van der Waals surface area contributed by atoms with Crippen molar-refractivity contribution < 1.29 is 14.4 Å². The van der Waals surface area contributed by atoms with Crippen molar-refractivity contribution in [3.63, 3.8) is 0 Å². The van der Waals surface area contributed by atoms with Crippen LogP contribution in [0.25, 0.3) is 23.0 Å². The Labute approximate surface area is 198 Å². The monoisotopic (exact) mass is 456 g/mol. The Hall–Kier alpha value is -3.29. The van der Waals surface area contributed by atoms with Crippen LogP contribution in [-0.4, -0.2) is 38.2 Å². The van der Waals surface area contributed by atoms with E-state index in [4.69, 9.17) is 14.4 Å². The second-order valence-electron chi connectivity index (χ2n) is 9.49. The van der Waals surface area contributed by atoms with Gasteiger partial charge in [-0.05, 0) is 61.3 Å². The molecule has 2 aromatic carbocycles. The molecule has 2 fully saturated rings. The van der Waals surface area contributed by atoms with E-state index in [1.807, 2.05) is 29.8 Å². The molecule has 7 heteroatoms. The molecule has 1 aliphatic heterocycles. The van der Waals surface area contributed by atoms with Crippen LogP contribution in [-0.2, 0) is 16.9 Å². The minimum atomic E-state index is -0.635. The molecule has 6 rings (SSSR count). The van der Waals surface area contributed by atoms with E-state index in [-0.39, 0.29) is 0 Å². The molecule has 2 aliphatic rings. The number of aromatic nitrogens is 4. The molecule has 3 heterocycles. The van der Waals surface area contributed by atoms with E-state index in [0.29, 0.717) is 29.9 Å². The van der Waals surface area contributed by atoms with Gasteiger partial charge in [-0.25, -0.2) is 0 Å². The Morgan fingerprint density at radius 2 is 1.85 bits per heavy atom. The van der Waals surface area contributed by atoms with Crippen molar-refractivity contribution >= 4 is 0 Å². The summed E-state index contributed by atoms with van der Waals surface area (Å²) in [5.74, 6) is 1.53. The van der Waals surface area contributed by atoms with Gasteiger partial charge in [0, 0.05) is 24.5 Å². The molecule has 0 amide bonds. The summed E-state index contributed by atoms with van der Waals surface area (Å²) in [7, 11) is 0. The molecule has 174 valence electrons. The predicted octanol–water partition coefficient (Wildman–Crippen LogP) is 4.83. The molecule has 7 nitrogen and oxygen atoms in total. The van der Waals surface area contributed by atoms with Crippen LogP contribution in [0, 0.1) is 6.92 Å². The summed E-state index contributed by atoms with van der Waals surface area (Å²) in [6, 6.07) is 18.5. The van der Waals surface area contributed by atoms with Crippen LogP contribution < -0.4 is 0 Å². The zero-order chi connectivity index (χ0) is 23.1. The maximum Gasteiger partial charge on any atom is 0.278 e.